The number of amidine groups is 1. The zero-order chi connectivity index (χ0) is 22.4. The van der Waals surface area contributed by atoms with Crippen molar-refractivity contribution in [2.24, 2.45) is 5.73 Å². The van der Waals surface area contributed by atoms with E-state index in [1.807, 2.05) is 13.0 Å². The van der Waals surface area contributed by atoms with Crippen LogP contribution < -0.4 is 16.4 Å². The molecule has 0 spiro atoms. The van der Waals surface area contributed by atoms with Crippen molar-refractivity contribution in [2.75, 3.05) is 11.2 Å². The Morgan fingerprint density at radius 3 is 2.16 bits per heavy atom. The van der Waals surface area contributed by atoms with Gasteiger partial charge in [-0.1, -0.05) is 48.0 Å². The summed E-state index contributed by atoms with van der Waals surface area (Å²) in [5, 5.41) is 13.1. The Morgan fingerprint density at radius 2 is 1.58 bits per heavy atom. The number of sulfone groups is 1. The van der Waals surface area contributed by atoms with E-state index in [-0.39, 0.29) is 10.7 Å². The molecule has 1 atom stereocenters. The summed E-state index contributed by atoms with van der Waals surface area (Å²) in [6.45, 7) is 1.87. The largest absolute Gasteiger partial charge is 0.384 e. The first kappa shape index (κ1) is 22.0. The number of carbonyl (C=O) groups is 1. The maximum absolute atomic E-state index is 13.0. The van der Waals surface area contributed by atoms with E-state index in [1.54, 1.807) is 60.7 Å². The summed E-state index contributed by atoms with van der Waals surface area (Å²) >= 11 is 0. The van der Waals surface area contributed by atoms with Crippen LogP contribution in [0.2, 0.25) is 0 Å². The van der Waals surface area contributed by atoms with E-state index in [9.17, 15) is 13.2 Å². The van der Waals surface area contributed by atoms with Crippen LogP contribution in [0.15, 0.2) is 83.8 Å². The highest BCUT2D eigenvalue weighted by Crippen LogP contribution is 2.21. The van der Waals surface area contributed by atoms with Gasteiger partial charge in [-0.15, -0.1) is 0 Å². The number of hydrogen-bond donors (Lipinski definition) is 4. The van der Waals surface area contributed by atoms with Crippen LogP contribution in [0.1, 0.15) is 22.7 Å². The second-order valence-corrected chi connectivity index (χ2v) is 9.08. The fourth-order valence-corrected chi connectivity index (χ4v) is 4.01. The van der Waals surface area contributed by atoms with Crippen molar-refractivity contribution in [1.82, 2.24) is 5.32 Å². The van der Waals surface area contributed by atoms with Gasteiger partial charge < -0.3 is 16.4 Å². The number of nitrogen functional groups attached to an aromatic ring is 1. The maximum Gasteiger partial charge on any atom is 0.247 e. The van der Waals surface area contributed by atoms with E-state index >= 15 is 0 Å². The fourth-order valence-electron chi connectivity index (χ4n) is 2.96. The van der Waals surface area contributed by atoms with Crippen molar-refractivity contribution in [3.8, 4) is 0 Å². The van der Waals surface area contributed by atoms with Crippen LogP contribution in [0.25, 0.3) is 0 Å². The normalized spacial score (nSPS) is 12.0. The molecule has 3 rings (SSSR count). The van der Waals surface area contributed by atoms with Gasteiger partial charge in [0, 0.05) is 11.3 Å². The third-order valence-electron chi connectivity index (χ3n) is 4.72. The molecule has 8 heteroatoms. The topological polar surface area (TPSA) is 125 Å². The summed E-state index contributed by atoms with van der Waals surface area (Å²) in [4.78, 5) is 13.1. The van der Waals surface area contributed by atoms with E-state index < -0.39 is 27.7 Å². The summed E-state index contributed by atoms with van der Waals surface area (Å²) in [7, 11) is -3.67. The molecule has 0 aliphatic heterocycles. The third kappa shape index (κ3) is 5.70. The lowest BCUT2D eigenvalue weighted by molar-refractivity contribution is -0.121. The van der Waals surface area contributed by atoms with Gasteiger partial charge in [0.1, 0.15) is 17.8 Å². The monoisotopic (exact) mass is 436 g/mol. The third-order valence-corrected chi connectivity index (χ3v) is 6.23. The number of benzene rings is 3. The molecular formula is C23H24N4O3S. The highest BCUT2D eigenvalue weighted by Gasteiger charge is 2.23. The molecule has 0 fully saturated rings. The zero-order valence-corrected chi connectivity index (χ0v) is 17.8. The molecule has 3 aromatic rings. The van der Waals surface area contributed by atoms with E-state index in [0.29, 0.717) is 16.8 Å². The Labute approximate surface area is 181 Å². The molecule has 31 heavy (non-hydrogen) atoms. The van der Waals surface area contributed by atoms with Crippen molar-refractivity contribution in [1.29, 1.82) is 5.41 Å². The van der Waals surface area contributed by atoms with Crippen LogP contribution >= 0.6 is 0 Å². The van der Waals surface area contributed by atoms with Crippen molar-refractivity contribution in [3.05, 3.63) is 95.6 Å². The number of hydrogen-bond acceptors (Lipinski definition) is 5. The summed E-state index contributed by atoms with van der Waals surface area (Å²) in [5.41, 5.74) is 8.32. The molecule has 1 amide bonds. The number of nitrogens with two attached hydrogens (primary N) is 1. The van der Waals surface area contributed by atoms with Crippen molar-refractivity contribution in [3.63, 3.8) is 0 Å². The average Bonchev–Trinajstić information content (AvgIpc) is 2.77. The van der Waals surface area contributed by atoms with Gasteiger partial charge in [-0.05, 0) is 48.9 Å². The number of rotatable bonds is 8. The van der Waals surface area contributed by atoms with E-state index in [1.165, 1.54) is 12.1 Å². The molecule has 160 valence electrons. The highest BCUT2D eigenvalue weighted by molar-refractivity contribution is 7.91. The number of anilines is 1. The van der Waals surface area contributed by atoms with Crippen LogP contribution in [0, 0.1) is 12.3 Å². The lowest BCUT2D eigenvalue weighted by Gasteiger charge is -2.20. The predicted molar refractivity (Wildman–Crippen MR) is 122 cm³/mol. The molecule has 3 aromatic carbocycles. The minimum absolute atomic E-state index is 0.0507. The average molecular weight is 437 g/mol. The molecule has 0 heterocycles. The lowest BCUT2D eigenvalue weighted by atomic mass is 10.1. The minimum Gasteiger partial charge on any atom is -0.384 e. The summed E-state index contributed by atoms with van der Waals surface area (Å²) in [5.74, 6) is -1.04. The van der Waals surface area contributed by atoms with E-state index in [2.05, 4.69) is 10.6 Å². The number of amides is 1. The van der Waals surface area contributed by atoms with Gasteiger partial charge in [-0.2, -0.15) is 0 Å². The molecular weight excluding hydrogens is 412 g/mol. The minimum atomic E-state index is -3.67. The van der Waals surface area contributed by atoms with Crippen LogP contribution in [0.5, 0.6) is 0 Å². The Balaban J connectivity index is 1.78. The summed E-state index contributed by atoms with van der Waals surface area (Å²) < 4.78 is 25.2. The molecule has 0 radical (unpaired) electrons. The van der Waals surface area contributed by atoms with Gasteiger partial charge in [0.05, 0.1) is 4.90 Å². The smallest absolute Gasteiger partial charge is 0.247 e. The van der Waals surface area contributed by atoms with Crippen LogP contribution in [-0.2, 0) is 14.6 Å². The second kappa shape index (κ2) is 9.44. The van der Waals surface area contributed by atoms with Gasteiger partial charge in [0.15, 0.2) is 9.84 Å². The zero-order valence-electron chi connectivity index (χ0n) is 17.0. The molecule has 0 aromatic heterocycles. The standard InChI is InChI=1S/C23H24N4O3S/c1-16-7-13-20(14-8-16)31(29,30)15-26-23(28)21(17-5-3-2-4-6-17)27-19-11-9-18(10-12-19)22(24)25/h2-14,21,27H,15H2,1H3,(H3,24,25)(H,26,28). The second-order valence-electron chi connectivity index (χ2n) is 7.09. The molecule has 1 unspecified atom stereocenters. The van der Waals surface area contributed by atoms with Crippen molar-refractivity contribution >= 4 is 27.3 Å². The van der Waals surface area contributed by atoms with Gasteiger partial charge >= 0.3 is 0 Å². The van der Waals surface area contributed by atoms with Gasteiger partial charge in [-0.25, -0.2) is 8.42 Å². The molecule has 0 saturated heterocycles. The Morgan fingerprint density at radius 1 is 0.968 bits per heavy atom. The molecule has 0 aliphatic carbocycles. The Hall–Kier alpha value is -3.65. The molecule has 5 N–H and O–H groups in total. The molecule has 0 aliphatic rings. The van der Waals surface area contributed by atoms with Gasteiger partial charge in [-0.3, -0.25) is 10.2 Å². The maximum atomic E-state index is 13.0. The first-order valence-electron chi connectivity index (χ1n) is 9.59. The first-order chi connectivity index (χ1) is 14.8. The van der Waals surface area contributed by atoms with Crippen LogP contribution in [0.4, 0.5) is 5.69 Å². The van der Waals surface area contributed by atoms with Crippen molar-refractivity contribution < 1.29 is 13.2 Å². The molecule has 0 saturated carbocycles. The summed E-state index contributed by atoms with van der Waals surface area (Å²) in [6.07, 6.45) is 0. The first-order valence-corrected chi connectivity index (χ1v) is 11.2. The van der Waals surface area contributed by atoms with Crippen molar-refractivity contribution in [2.45, 2.75) is 17.9 Å². The Bertz CT molecular complexity index is 1160. The number of carbonyl (C=O) groups excluding carboxylic acids is 1. The number of aryl methyl sites for hydroxylation is 1. The summed E-state index contributed by atoms with van der Waals surface area (Å²) in [6, 6.07) is 21.5. The molecule has 0 bridgehead atoms. The number of nitrogens with one attached hydrogen (secondary N) is 3. The predicted octanol–water partition coefficient (Wildman–Crippen LogP) is 2.98. The van der Waals surface area contributed by atoms with Gasteiger partial charge in [0.25, 0.3) is 0 Å². The fraction of sp³-hybridized carbons (Fsp3) is 0.130. The quantitative estimate of drug-likeness (QED) is 0.319. The van der Waals surface area contributed by atoms with E-state index in [0.717, 1.165) is 5.56 Å². The highest BCUT2D eigenvalue weighted by atomic mass is 32.2. The lowest BCUT2D eigenvalue weighted by Crippen LogP contribution is -2.36. The van der Waals surface area contributed by atoms with E-state index in [4.69, 9.17) is 11.1 Å². The SMILES string of the molecule is Cc1ccc(S(=O)(=O)CNC(=O)C(Nc2ccc(C(=N)N)cc2)c2ccccc2)cc1. The van der Waals surface area contributed by atoms with Crippen LogP contribution in [-0.4, -0.2) is 26.0 Å². The van der Waals surface area contributed by atoms with Crippen LogP contribution in [0.3, 0.4) is 0 Å². The van der Waals surface area contributed by atoms with Gasteiger partial charge in [0.2, 0.25) is 5.91 Å². The molecule has 7 nitrogen and oxygen atoms in total. The Kier molecular flexibility index (Phi) is 6.71.